The van der Waals surface area contributed by atoms with Crippen LogP contribution in [0.2, 0.25) is 0 Å². The lowest BCUT2D eigenvalue weighted by Gasteiger charge is -2.09. The van der Waals surface area contributed by atoms with E-state index in [2.05, 4.69) is 4.98 Å². The van der Waals surface area contributed by atoms with Crippen LogP contribution in [0.3, 0.4) is 0 Å². The lowest BCUT2D eigenvalue weighted by molar-refractivity contribution is 0.103. The molecule has 1 aromatic carbocycles. The fourth-order valence-corrected chi connectivity index (χ4v) is 1.69. The molecule has 2 aromatic rings. The number of aromatic nitrogens is 1. The van der Waals surface area contributed by atoms with Gasteiger partial charge in [0.05, 0.1) is 17.7 Å². The van der Waals surface area contributed by atoms with Crippen molar-refractivity contribution in [3.63, 3.8) is 0 Å². The Balaban J connectivity index is 2.43. The Morgan fingerprint density at radius 1 is 1.22 bits per heavy atom. The Morgan fingerprint density at radius 2 is 1.94 bits per heavy atom. The number of para-hydroxylation sites is 1. The molecule has 0 unspecified atom stereocenters. The van der Waals surface area contributed by atoms with Gasteiger partial charge in [-0.15, -0.1) is 0 Å². The molecule has 4 nitrogen and oxygen atoms in total. The molecule has 0 atom stereocenters. The van der Waals surface area contributed by atoms with Crippen molar-refractivity contribution in [2.24, 2.45) is 0 Å². The second kappa shape index (κ2) is 5.31. The van der Waals surface area contributed by atoms with Crippen molar-refractivity contribution in [3.8, 4) is 5.75 Å². The van der Waals surface area contributed by atoms with Crippen LogP contribution in [0.1, 0.15) is 22.8 Å². The molecule has 0 aliphatic carbocycles. The Bertz CT molecular complexity index is 567. The number of carbonyl (C=O) groups is 1. The first-order valence-corrected chi connectivity index (χ1v) is 5.71. The highest BCUT2D eigenvalue weighted by molar-refractivity contribution is 6.13. The topological polar surface area (TPSA) is 65.2 Å². The molecule has 0 bridgehead atoms. The van der Waals surface area contributed by atoms with Gasteiger partial charge in [0.15, 0.2) is 5.78 Å². The monoisotopic (exact) mass is 242 g/mol. The van der Waals surface area contributed by atoms with Crippen LogP contribution in [-0.2, 0) is 0 Å². The van der Waals surface area contributed by atoms with Crippen LogP contribution in [0.25, 0.3) is 0 Å². The minimum absolute atomic E-state index is 0.176. The van der Waals surface area contributed by atoms with Crippen molar-refractivity contribution in [2.45, 2.75) is 6.92 Å². The lowest BCUT2D eigenvalue weighted by Crippen LogP contribution is -2.08. The van der Waals surface area contributed by atoms with E-state index in [9.17, 15) is 4.79 Å². The Morgan fingerprint density at radius 3 is 2.67 bits per heavy atom. The highest BCUT2D eigenvalue weighted by atomic mass is 16.5. The van der Waals surface area contributed by atoms with Gasteiger partial charge in [0.25, 0.3) is 0 Å². The van der Waals surface area contributed by atoms with E-state index in [0.29, 0.717) is 23.5 Å². The zero-order valence-electron chi connectivity index (χ0n) is 10.1. The first-order chi connectivity index (χ1) is 8.74. The fraction of sp³-hybridized carbons (Fsp3) is 0.143. The number of pyridine rings is 1. The summed E-state index contributed by atoms with van der Waals surface area (Å²) >= 11 is 0. The average Bonchev–Trinajstić information content (AvgIpc) is 2.40. The quantitative estimate of drug-likeness (QED) is 0.835. The molecule has 1 heterocycles. The summed E-state index contributed by atoms with van der Waals surface area (Å²) in [5.74, 6) is 0.617. The van der Waals surface area contributed by atoms with E-state index in [1.165, 1.54) is 0 Å². The van der Waals surface area contributed by atoms with Crippen molar-refractivity contribution < 1.29 is 9.53 Å². The average molecular weight is 242 g/mol. The molecule has 0 aliphatic rings. The van der Waals surface area contributed by atoms with E-state index < -0.39 is 0 Å². The maximum Gasteiger partial charge on any atom is 0.200 e. The minimum atomic E-state index is -0.176. The number of carbonyl (C=O) groups excluding carboxylic acids is 1. The van der Waals surface area contributed by atoms with E-state index in [4.69, 9.17) is 10.5 Å². The van der Waals surface area contributed by atoms with Crippen LogP contribution in [0, 0.1) is 0 Å². The maximum absolute atomic E-state index is 12.4. The van der Waals surface area contributed by atoms with Gasteiger partial charge in [0, 0.05) is 6.20 Å². The van der Waals surface area contributed by atoms with Crippen LogP contribution in [-0.4, -0.2) is 17.4 Å². The van der Waals surface area contributed by atoms with Gasteiger partial charge < -0.3 is 10.5 Å². The van der Waals surface area contributed by atoms with Gasteiger partial charge in [-0.25, -0.2) is 4.98 Å². The molecule has 0 spiro atoms. The zero-order chi connectivity index (χ0) is 13.0. The van der Waals surface area contributed by atoms with Crippen molar-refractivity contribution in [1.82, 2.24) is 4.98 Å². The summed E-state index contributed by atoms with van der Waals surface area (Å²) < 4.78 is 5.44. The Kier molecular flexibility index (Phi) is 3.57. The number of hydrogen-bond donors (Lipinski definition) is 1. The van der Waals surface area contributed by atoms with Crippen LogP contribution in [0.15, 0.2) is 42.6 Å². The molecule has 2 rings (SSSR count). The summed E-state index contributed by atoms with van der Waals surface area (Å²) in [5, 5.41) is 0. The molecule has 0 saturated carbocycles. The number of nitrogens with zero attached hydrogens (tertiary/aromatic N) is 1. The summed E-state index contributed by atoms with van der Waals surface area (Å²) in [4.78, 5) is 16.3. The van der Waals surface area contributed by atoms with E-state index in [1.807, 2.05) is 13.0 Å². The molecule has 4 heteroatoms. The summed E-state index contributed by atoms with van der Waals surface area (Å²) in [7, 11) is 0. The van der Waals surface area contributed by atoms with E-state index in [1.54, 1.807) is 36.5 Å². The first kappa shape index (κ1) is 12.1. The molecule has 0 aliphatic heterocycles. The van der Waals surface area contributed by atoms with Gasteiger partial charge in [-0.3, -0.25) is 4.79 Å². The first-order valence-electron chi connectivity index (χ1n) is 5.71. The summed E-state index contributed by atoms with van der Waals surface area (Å²) in [6.45, 7) is 2.38. The number of nitrogens with two attached hydrogens (primary N) is 1. The maximum atomic E-state index is 12.4. The molecule has 1 aromatic heterocycles. The largest absolute Gasteiger partial charge is 0.493 e. The van der Waals surface area contributed by atoms with E-state index >= 15 is 0 Å². The van der Waals surface area contributed by atoms with Crippen molar-refractivity contribution in [3.05, 3.63) is 53.7 Å². The molecule has 92 valence electrons. The predicted molar refractivity (Wildman–Crippen MR) is 69.7 cm³/mol. The zero-order valence-corrected chi connectivity index (χ0v) is 10.1. The number of ketones is 1. The third kappa shape index (κ3) is 2.32. The lowest BCUT2D eigenvalue weighted by atomic mass is 10.0. The fourth-order valence-electron chi connectivity index (χ4n) is 1.69. The summed E-state index contributed by atoms with van der Waals surface area (Å²) in [6, 6.07) is 10.5. The second-order valence-corrected chi connectivity index (χ2v) is 3.69. The van der Waals surface area contributed by atoms with Crippen molar-refractivity contribution >= 4 is 11.6 Å². The number of anilines is 1. The molecule has 2 N–H and O–H groups in total. The second-order valence-electron chi connectivity index (χ2n) is 3.69. The predicted octanol–water partition coefficient (Wildman–Crippen LogP) is 2.29. The highest BCUT2D eigenvalue weighted by Crippen LogP contribution is 2.23. The smallest absolute Gasteiger partial charge is 0.200 e. The number of benzene rings is 1. The van der Waals surface area contributed by atoms with Gasteiger partial charge in [-0.2, -0.15) is 0 Å². The third-order valence-electron chi connectivity index (χ3n) is 2.51. The van der Waals surface area contributed by atoms with Crippen LogP contribution in [0.4, 0.5) is 5.82 Å². The Labute approximate surface area is 105 Å². The number of rotatable bonds is 4. The van der Waals surface area contributed by atoms with E-state index in [-0.39, 0.29) is 11.6 Å². The molecular formula is C14H14N2O2. The highest BCUT2D eigenvalue weighted by Gasteiger charge is 2.16. The van der Waals surface area contributed by atoms with Crippen molar-refractivity contribution in [1.29, 1.82) is 0 Å². The van der Waals surface area contributed by atoms with Crippen LogP contribution < -0.4 is 10.5 Å². The minimum Gasteiger partial charge on any atom is -0.493 e. The molecular weight excluding hydrogens is 228 g/mol. The number of nitrogen functional groups attached to an aromatic ring is 1. The van der Waals surface area contributed by atoms with Crippen LogP contribution >= 0.6 is 0 Å². The molecule has 0 fully saturated rings. The van der Waals surface area contributed by atoms with Gasteiger partial charge in [-0.05, 0) is 31.2 Å². The summed E-state index contributed by atoms with van der Waals surface area (Å²) in [5.41, 5.74) is 6.60. The Hall–Kier alpha value is -2.36. The third-order valence-corrected chi connectivity index (χ3v) is 2.51. The molecule has 0 saturated heterocycles. The van der Waals surface area contributed by atoms with Gasteiger partial charge in [-0.1, -0.05) is 12.1 Å². The molecule has 18 heavy (non-hydrogen) atoms. The number of hydrogen-bond acceptors (Lipinski definition) is 4. The van der Waals surface area contributed by atoms with Gasteiger partial charge in [0.1, 0.15) is 11.6 Å². The number of ether oxygens (including phenoxy) is 1. The van der Waals surface area contributed by atoms with Gasteiger partial charge >= 0.3 is 0 Å². The SMILES string of the molecule is CCOc1ccccc1C(=O)c1cccnc1N. The normalized spacial score (nSPS) is 10.1. The molecule has 0 radical (unpaired) electrons. The van der Waals surface area contributed by atoms with Crippen molar-refractivity contribution in [2.75, 3.05) is 12.3 Å². The standard InChI is InChI=1S/C14H14N2O2/c1-2-18-12-8-4-3-6-10(12)13(17)11-7-5-9-16-14(11)15/h3-9H,2H2,1H3,(H2,15,16). The molecule has 0 amide bonds. The van der Waals surface area contributed by atoms with E-state index in [0.717, 1.165) is 0 Å². The van der Waals surface area contributed by atoms with Gasteiger partial charge in [0.2, 0.25) is 0 Å². The van der Waals surface area contributed by atoms with Crippen LogP contribution in [0.5, 0.6) is 5.75 Å². The summed E-state index contributed by atoms with van der Waals surface area (Å²) in [6.07, 6.45) is 1.56.